The molecule has 0 radical (unpaired) electrons. The Bertz CT molecular complexity index is 587. The molecule has 0 atom stereocenters. The first-order valence-corrected chi connectivity index (χ1v) is 7.60. The second-order valence-corrected chi connectivity index (χ2v) is 5.87. The maximum Gasteiger partial charge on any atom is 0.161 e. The smallest absolute Gasteiger partial charge is 0.161 e. The largest absolute Gasteiger partial charge is 0.369 e. The minimum atomic E-state index is 0.730. The van der Waals surface area contributed by atoms with Crippen molar-refractivity contribution in [1.82, 2.24) is 9.97 Å². The third kappa shape index (κ3) is 3.57. The van der Waals surface area contributed by atoms with Gasteiger partial charge in [0, 0.05) is 23.3 Å². The van der Waals surface area contributed by atoms with Crippen LogP contribution in [0.1, 0.15) is 18.9 Å². The lowest BCUT2D eigenvalue weighted by atomic mass is 10.1. The van der Waals surface area contributed by atoms with E-state index in [2.05, 4.69) is 44.8 Å². The molecule has 0 amide bonds. The molecule has 0 aliphatic heterocycles. The fraction of sp³-hybridized carbons (Fsp3) is 0.286. The van der Waals surface area contributed by atoms with Crippen molar-refractivity contribution in [2.45, 2.75) is 20.3 Å². The van der Waals surface area contributed by atoms with Crippen molar-refractivity contribution in [2.24, 2.45) is 0 Å². The Morgan fingerprint density at radius 2 is 2.16 bits per heavy atom. The van der Waals surface area contributed by atoms with E-state index in [-0.39, 0.29) is 0 Å². The number of hydrogen-bond acceptors (Lipinski definition) is 3. The van der Waals surface area contributed by atoms with E-state index in [1.807, 2.05) is 31.3 Å². The van der Waals surface area contributed by atoms with E-state index in [9.17, 15) is 0 Å². The lowest BCUT2D eigenvalue weighted by molar-refractivity contribution is 0.963. The molecule has 0 unspecified atom stereocenters. The van der Waals surface area contributed by atoms with E-state index in [1.54, 1.807) is 0 Å². The molecule has 1 N–H and O–H groups in total. The molecule has 100 valence electrons. The van der Waals surface area contributed by atoms with Crippen LogP contribution >= 0.6 is 34.2 Å². The average Bonchev–Trinajstić information content (AvgIpc) is 2.38. The lowest BCUT2D eigenvalue weighted by Crippen LogP contribution is -2.05. The molecule has 0 aliphatic rings. The maximum absolute atomic E-state index is 5.98. The van der Waals surface area contributed by atoms with Crippen LogP contribution in [-0.2, 0) is 0 Å². The van der Waals surface area contributed by atoms with Crippen LogP contribution in [0, 0.1) is 10.5 Å². The molecule has 0 bridgehead atoms. The SMILES string of the molecule is CCCNc1nc(-c2ccc(Cl)cc2C)ncc1I. The van der Waals surface area contributed by atoms with Crippen LogP contribution in [0.2, 0.25) is 5.02 Å². The quantitative estimate of drug-likeness (QED) is 0.783. The fourth-order valence-electron chi connectivity index (χ4n) is 1.74. The number of hydrogen-bond donors (Lipinski definition) is 1. The molecule has 1 aromatic heterocycles. The summed E-state index contributed by atoms with van der Waals surface area (Å²) in [7, 11) is 0. The van der Waals surface area contributed by atoms with Crippen LogP contribution in [-0.4, -0.2) is 16.5 Å². The van der Waals surface area contributed by atoms with Gasteiger partial charge in [-0.3, -0.25) is 0 Å². The van der Waals surface area contributed by atoms with Crippen molar-refractivity contribution < 1.29 is 0 Å². The number of halogens is 2. The van der Waals surface area contributed by atoms with Crippen LogP contribution in [0.5, 0.6) is 0 Å². The zero-order valence-corrected chi connectivity index (χ0v) is 13.8. The monoisotopic (exact) mass is 387 g/mol. The molecule has 1 aromatic carbocycles. The second kappa shape index (κ2) is 6.52. The first-order chi connectivity index (χ1) is 9.11. The number of aryl methyl sites for hydroxylation is 1. The number of aromatic nitrogens is 2. The van der Waals surface area contributed by atoms with E-state index in [0.29, 0.717) is 0 Å². The molecular formula is C14H15ClIN3. The summed E-state index contributed by atoms with van der Waals surface area (Å²) in [6.07, 6.45) is 2.91. The molecule has 19 heavy (non-hydrogen) atoms. The molecule has 0 saturated heterocycles. The molecule has 0 spiro atoms. The molecular weight excluding hydrogens is 373 g/mol. The topological polar surface area (TPSA) is 37.8 Å². The molecule has 0 aliphatic carbocycles. The zero-order valence-electron chi connectivity index (χ0n) is 10.9. The molecule has 3 nitrogen and oxygen atoms in total. The van der Waals surface area contributed by atoms with Crippen LogP contribution in [0.15, 0.2) is 24.4 Å². The number of anilines is 1. The van der Waals surface area contributed by atoms with Gasteiger partial charge in [-0.05, 0) is 59.7 Å². The lowest BCUT2D eigenvalue weighted by Gasteiger charge is -2.09. The van der Waals surface area contributed by atoms with Crippen molar-refractivity contribution in [3.63, 3.8) is 0 Å². The van der Waals surface area contributed by atoms with E-state index in [0.717, 1.165) is 44.3 Å². The summed E-state index contributed by atoms with van der Waals surface area (Å²) in [6.45, 7) is 5.05. The summed E-state index contributed by atoms with van der Waals surface area (Å²) in [5.74, 6) is 1.62. The van der Waals surface area contributed by atoms with E-state index in [1.165, 1.54) is 0 Å². The van der Waals surface area contributed by atoms with E-state index in [4.69, 9.17) is 11.6 Å². The first-order valence-electron chi connectivity index (χ1n) is 6.14. The Morgan fingerprint density at radius 3 is 2.84 bits per heavy atom. The van der Waals surface area contributed by atoms with Gasteiger partial charge < -0.3 is 5.32 Å². The third-order valence-corrected chi connectivity index (χ3v) is 3.74. The molecule has 0 fully saturated rings. The van der Waals surface area contributed by atoms with Crippen molar-refractivity contribution >= 4 is 40.0 Å². The minimum absolute atomic E-state index is 0.730. The zero-order chi connectivity index (χ0) is 13.8. The van der Waals surface area contributed by atoms with Crippen LogP contribution < -0.4 is 5.32 Å². The number of nitrogens with one attached hydrogen (secondary N) is 1. The Kier molecular flexibility index (Phi) is 4.99. The normalized spacial score (nSPS) is 10.5. The van der Waals surface area contributed by atoms with Crippen LogP contribution in [0.4, 0.5) is 5.82 Å². The van der Waals surface area contributed by atoms with Gasteiger partial charge in [-0.1, -0.05) is 18.5 Å². The number of rotatable bonds is 4. The van der Waals surface area contributed by atoms with Crippen LogP contribution in [0.3, 0.4) is 0 Å². The van der Waals surface area contributed by atoms with E-state index >= 15 is 0 Å². The molecule has 2 aromatic rings. The molecule has 0 saturated carbocycles. The Hall–Kier alpha value is -0.880. The van der Waals surface area contributed by atoms with Gasteiger partial charge in [0.1, 0.15) is 5.82 Å². The summed E-state index contributed by atoms with van der Waals surface area (Å²) in [5, 5.41) is 4.05. The van der Waals surface area contributed by atoms with Crippen molar-refractivity contribution in [3.8, 4) is 11.4 Å². The predicted molar refractivity (Wildman–Crippen MR) is 88.7 cm³/mol. The van der Waals surface area contributed by atoms with Crippen molar-refractivity contribution in [2.75, 3.05) is 11.9 Å². The van der Waals surface area contributed by atoms with Crippen LogP contribution in [0.25, 0.3) is 11.4 Å². The molecule has 5 heteroatoms. The third-order valence-electron chi connectivity index (χ3n) is 2.72. The van der Waals surface area contributed by atoms with Gasteiger partial charge in [0.2, 0.25) is 0 Å². The van der Waals surface area contributed by atoms with Gasteiger partial charge in [-0.25, -0.2) is 9.97 Å². The van der Waals surface area contributed by atoms with Crippen molar-refractivity contribution in [3.05, 3.63) is 38.6 Å². The molecule has 2 rings (SSSR count). The van der Waals surface area contributed by atoms with Gasteiger partial charge in [-0.15, -0.1) is 0 Å². The highest BCUT2D eigenvalue weighted by molar-refractivity contribution is 14.1. The standard InChI is InChI=1S/C14H15ClIN3/c1-3-6-17-14-12(16)8-18-13(19-14)11-5-4-10(15)7-9(11)2/h4-5,7-8H,3,6H2,1-2H3,(H,17,18,19). The fourth-order valence-corrected chi connectivity index (χ4v) is 2.42. The Labute approximate surface area is 132 Å². The number of nitrogens with zero attached hydrogens (tertiary/aromatic N) is 2. The number of benzene rings is 1. The first kappa shape index (κ1) is 14.5. The average molecular weight is 388 g/mol. The van der Waals surface area contributed by atoms with Gasteiger partial charge in [-0.2, -0.15) is 0 Å². The Balaban J connectivity index is 2.39. The second-order valence-electron chi connectivity index (χ2n) is 4.28. The van der Waals surface area contributed by atoms with Gasteiger partial charge in [0.05, 0.1) is 3.57 Å². The summed E-state index contributed by atoms with van der Waals surface area (Å²) >= 11 is 8.22. The summed E-state index contributed by atoms with van der Waals surface area (Å²) < 4.78 is 1.03. The van der Waals surface area contributed by atoms with E-state index < -0.39 is 0 Å². The predicted octanol–water partition coefficient (Wildman–Crippen LogP) is 4.53. The van der Waals surface area contributed by atoms with Gasteiger partial charge in [0.15, 0.2) is 5.82 Å². The van der Waals surface area contributed by atoms with Gasteiger partial charge >= 0.3 is 0 Å². The highest BCUT2D eigenvalue weighted by Crippen LogP contribution is 2.25. The maximum atomic E-state index is 5.98. The molecule has 1 heterocycles. The van der Waals surface area contributed by atoms with Gasteiger partial charge in [0.25, 0.3) is 0 Å². The van der Waals surface area contributed by atoms with Crippen molar-refractivity contribution in [1.29, 1.82) is 0 Å². The summed E-state index contributed by atoms with van der Waals surface area (Å²) in [5.41, 5.74) is 2.09. The Morgan fingerprint density at radius 1 is 1.37 bits per heavy atom. The minimum Gasteiger partial charge on any atom is -0.369 e. The summed E-state index contributed by atoms with van der Waals surface area (Å²) in [6, 6.07) is 5.76. The summed E-state index contributed by atoms with van der Waals surface area (Å²) in [4.78, 5) is 9.00. The highest BCUT2D eigenvalue weighted by Gasteiger charge is 2.09. The highest BCUT2D eigenvalue weighted by atomic mass is 127.